The number of nitrogens with one attached hydrogen (secondary N) is 1. The monoisotopic (exact) mass is 398 g/mol. The maximum absolute atomic E-state index is 12.8. The number of nitrogens with zero attached hydrogens (tertiary/aromatic N) is 3. The van der Waals surface area contributed by atoms with Gasteiger partial charge in [-0.25, -0.2) is 14.8 Å². The summed E-state index contributed by atoms with van der Waals surface area (Å²) in [7, 11) is 0. The van der Waals surface area contributed by atoms with Crippen LogP contribution in [0.2, 0.25) is 0 Å². The number of anilines is 1. The molecular weight excluding hydrogens is 380 g/mol. The highest BCUT2D eigenvalue weighted by Gasteiger charge is 2.21. The first-order valence-electron chi connectivity index (χ1n) is 8.99. The van der Waals surface area contributed by atoms with Gasteiger partial charge in [0.25, 0.3) is 5.56 Å². The Balaban J connectivity index is 1.49. The van der Waals surface area contributed by atoms with Crippen LogP contribution in [0.15, 0.2) is 29.5 Å². The smallest absolute Gasteiger partial charge is 0.339 e. The predicted octanol–water partition coefficient (Wildman–Crippen LogP) is 2.16. The van der Waals surface area contributed by atoms with Gasteiger partial charge >= 0.3 is 5.97 Å². The van der Waals surface area contributed by atoms with Gasteiger partial charge < -0.3 is 10.1 Å². The zero-order valence-corrected chi connectivity index (χ0v) is 16.0. The van der Waals surface area contributed by atoms with Crippen molar-refractivity contribution in [1.82, 2.24) is 14.5 Å². The van der Waals surface area contributed by atoms with Gasteiger partial charge in [0.1, 0.15) is 17.2 Å². The van der Waals surface area contributed by atoms with Gasteiger partial charge in [-0.15, -0.1) is 11.3 Å². The van der Waals surface area contributed by atoms with Gasteiger partial charge in [0.2, 0.25) is 5.91 Å². The van der Waals surface area contributed by atoms with Crippen LogP contribution >= 0.6 is 11.3 Å². The Kier molecular flexibility index (Phi) is 4.91. The average molecular weight is 398 g/mol. The van der Waals surface area contributed by atoms with Crippen LogP contribution in [0.5, 0.6) is 0 Å². The maximum Gasteiger partial charge on any atom is 0.339 e. The number of rotatable bonds is 5. The predicted molar refractivity (Wildman–Crippen MR) is 105 cm³/mol. The number of esters is 1. The van der Waals surface area contributed by atoms with Gasteiger partial charge in [-0.05, 0) is 43.9 Å². The van der Waals surface area contributed by atoms with Crippen molar-refractivity contribution in [2.45, 2.75) is 32.7 Å². The van der Waals surface area contributed by atoms with E-state index in [1.54, 1.807) is 18.3 Å². The lowest BCUT2D eigenvalue weighted by Crippen LogP contribution is -2.28. The van der Waals surface area contributed by atoms with Gasteiger partial charge in [-0.2, -0.15) is 0 Å². The normalized spacial score (nSPS) is 12.8. The number of carbonyl (C=O) groups is 2. The van der Waals surface area contributed by atoms with E-state index < -0.39 is 11.9 Å². The van der Waals surface area contributed by atoms with Crippen LogP contribution in [0.3, 0.4) is 0 Å². The molecule has 0 bridgehead atoms. The minimum absolute atomic E-state index is 0.159. The summed E-state index contributed by atoms with van der Waals surface area (Å²) in [5.74, 6) is -0.579. The zero-order valence-electron chi connectivity index (χ0n) is 15.2. The Morgan fingerprint density at radius 2 is 2.14 bits per heavy atom. The summed E-state index contributed by atoms with van der Waals surface area (Å²) in [5.41, 5.74) is 1.20. The van der Waals surface area contributed by atoms with Crippen molar-refractivity contribution in [3.63, 3.8) is 0 Å². The number of hydrogen-bond donors (Lipinski definition) is 1. The summed E-state index contributed by atoms with van der Waals surface area (Å²) in [6.07, 6.45) is 5.68. The number of aryl methyl sites for hydroxylation is 2. The molecule has 0 unspecified atom stereocenters. The molecule has 0 spiro atoms. The lowest BCUT2D eigenvalue weighted by Gasteiger charge is -2.07. The number of ether oxygens (including phenoxy) is 1. The van der Waals surface area contributed by atoms with Crippen molar-refractivity contribution >= 4 is 39.2 Å². The summed E-state index contributed by atoms with van der Waals surface area (Å²) in [6.45, 7) is 1.84. The van der Waals surface area contributed by atoms with E-state index in [0.717, 1.165) is 29.7 Å². The molecule has 4 rings (SSSR count). The number of fused-ring (bicyclic) bond motifs is 3. The topological polar surface area (TPSA) is 103 Å². The van der Waals surface area contributed by atoms with Crippen molar-refractivity contribution < 1.29 is 14.3 Å². The minimum atomic E-state index is -0.470. The van der Waals surface area contributed by atoms with E-state index in [9.17, 15) is 14.4 Å². The lowest BCUT2D eigenvalue weighted by atomic mass is 10.2. The molecular formula is C19H18N4O4S. The average Bonchev–Trinajstić information content (AvgIpc) is 3.26. The molecule has 0 fully saturated rings. The molecule has 0 radical (unpaired) electrons. The van der Waals surface area contributed by atoms with E-state index in [-0.39, 0.29) is 24.5 Å². The van der Waals surface area contributed by atoms with Crippen molar-refractivity contribution in [2.75, 3.05) is 11.9 Å². The molecule has 8 nitrogen and oxygen atoms in total. The van der Waals surface area contributed by atoms with E-state index in [4.69, 9.17) is 4.74 Å². The third kappa shape index (κ3) is 3.40. The van der Waals surface area contributed by atoms with Crippen molar-refractivity contribution in [1.29, 1.82) is 0 Å². The Morgan fingerprint density at radius 3 is 2.89 bits per heavy atom. The molecule has 144 valence electrons. The Morgan fingerprint density at radius 1 is 1.29 bits per heavy atom. The number of carbonyl (C=O) groups excluding carboxylic acids is 2. The van der Waals surface area contributed by atoms with E-state index in [1.807, 2.05) is 0 Å². The highest BCUT2D eigenvalue weighted by Crippen LogP contribution is 2.34. The third-order valence-electron chi connectivity index (χ3n) is 4.55. The summed E-state index contributed by atoms with van der Waals surface area (Å²) >= 11 is 1.57. The zero-order chi connectivity index (χ0) is 19.7. The highest BCUT2D eigenvalue weighted by atomic mass is 32.1. The number of thiophene rings is 1. The summed E-state index contributed by atoms with van der Waals surface area (Å²) in [6, 6.07) is 3.04. The first kappa shape index (κ1) is 18.3. The quantitative estimate of drug-likeness (QED) is 0.661. The van der Waals surface area contributed by atoms with Gasteiger partial charge in [0, 0.05) is 11.1 Å². The molecule has 0 aromatic carbocycles. The van der Waals surface area contributed by atoms with Gasteiger partial charge in [-0.1, -0.05) is 0 Å². The molecule has 0 aliphatic heterocycles. The second-order valence-electron chi connectivity index (χ2n) is 6.42. The maximum atomic E-state index is 12.8. The fourth-order valence-corrected chi connectivity index (χ4v) is 4.49. The van der Waals surface area contributed by atoms with Crippen LogP contribution in [0.4, 0.5) is 5.82 Å². The summed E-state index contributed by atoms with van der Waals surface area (Å²) in [5, 5.41) is 3.27. The number of hydrogen-bond acceptors (Lipinski definition) is 7. The number of aromatic nitrogens is 3. The molecule has 9 heteroatoms. The molecule has 0 saturated heterocycles. The van der Waals surface area contributed by atoms with Crippen LogP contribution in [0, 0.1) is 0 Å². The molecule has 3 aromatic rings. The third-order valence-corrected chi connectivity index (χ3v) is 5.75. The second-order valence-corrected chi connectivity index (χ2v) is 7.50. The van der Waals surface area contributed by atoms with Crippen molar-refractivity contribution in [3.05, 3.63) is 51.0 Å². The van der Waals surface area contributed by atoms with Crippen molar-refractivity contribution in [2.24, 2.45) is 0 Å². The number of pyridine rings is 1. The molecule has 0 saturated carbocycles. The molecule has 1 aliphatic rings. The molecule has 28 heavy (non-hydrogen) atoms. The van der Waals surface area contributed by atoms with Crippen LogP contribution in [-0.2, 0) is 28.9 Å². The first-order chi connectivity index (χ1) is 13.6. The summed E-state index contributed by atoms with van der Waals surface area (Å²) in [4.78, 5) is 47.1. The first-order valence-corrected chi connectivity index (χ1v) is 9.81. The van der Waals surface area contributed by atoms with Crippen LogP contribution in [0.1, 0.15) is 34.1 Å². The molecule has 1 N–H and O–H groups in total. The SMILES string of the molecule is CCOC(=O)c1ccc(NC(=O)Cn2cnc3sc4c(c3c2=O)CCC4)nc1. The largest absolute Gasteiger partial charge is 0.462 e. The highest BCUT2D eigenvalue weighted by molar-refractivity contribution is 7.18. The van der Waals surface area contributed by atoms with Crippen LogP contribution in [-0.4, -0.2) is 33.0 Å². The molecule has 1 amide bonds. The van der Waals surface area contributed by atoms with E-state index in [2.05, 4.69) is 15.3 Å². The Bertz CT molecular complexity index is 1120. The summed E-state index contributed by atoms with van der Waals surface area (Å²) < 4.78 is 6.21. The van der Waals surface area contributed by atoms with Crippen LogP contribution < -0.4 is 10.9 Å². The second kappa shape index (κ2) is 7.51. The van der Waals surface area contributed by atoms with E-state index in [1.165, 1.54) is 34.1 Å². The Hall–Kier alpha value is -3.07. The lowest BCUT2D eigenvalue weighted by molar-refractivity contribution is -0.116. The fraction of sp³-hybridized carbons (Fsp3) is 0.316. The van der Waals surface area contributed by atoms with Crippen LogP contribution in [0.25, 0.3) is 10.2 Å². The fourth-order valence-electron chi connectivity index (χ4n) is 3.27. The van der Waals surface area contributed by atoms with Gasteiger partial charge in [-0.3, -0.25) is 14.2 Å². The molecule has 0 atom stereocenters. The van der Waals surface area contributed by atoms with Gasteiger partial charge in [0.15, 0.2) is 0 Å². The van der Waals surface area contributed by atoms with E-state index in [0.29, 0.717) is 10.9 Å². The van der Waals surface area contributed by atoms with Gasteiger partial charge in [0.05, 0.1) is 23.9 Å². The minimum Gasteiger partial charge on any atom is -0.462 e. The van der Waals surface area contributed by atoms with E-state index >= 15 is 0 Å². The molecule has 3 heterocycles. The molecule has 3 aromatic heterocycles. The standard InChI is InChI=1S/C19H18N4O4S/c1-2-27-19(26)11-6-7-14(20-8-11)22-15(24)9-23-10-21-17-16(18(23)25)12-4-3-5-13(12)28-17/h6-8,10H,2-5,9H2,1H3,(H,20,22,24). The Labute approximate surface area is 164 Å². The van der Waals surface area contributed by atoms with Crippen molar-refractivity contribution in [3.8, 4) is 0 Å². The molecule has 1 aliphatic carbocycles. The number of amides is 1.